The summed E-state index contributed by atoms with van der Waals surface area (Å²) in [5, 5.41) is 49.7. The molecule has 4 atom stereocenters. The summed E-state index contributed by atoms with van der Waals surface area (Å²) in [5.41, 5.74) is 12.0. The molecule has 250 valence electrons. The molecule has 1 saturated carbocycles. The predicted molar refractivity (Wildman–Crippen MR) is 171 cm³/mol. The third-order valence-corrected chi connectivity index (χ3v) is 9.35. The van der Waals surface area contributed by atoms with Crippen LogP contribution in [-0.4, -0.2) is 93.8 Å². The summed E-state index contributed by atoms with van der Waals surface area (Å²) < 4.78 is 0. The van der Waals surface area contributed by atoms with E-state index in [2.05, 4.69) is 10.6 Å². The van der Waals surface area contributed by atoms with E-state index in [0.717, 1.165) is 0 Å². The van der Waals surface area contributed by atoms with Gasteiger partial charge in [-0.25, -0.2) is 0 Å². The number of rotatable bonds is 7. The lowest BCUT2D eigenvalue weighted by Crippen LogP contribution is -2.80. The number of amides is 3. The van der Waals surface area contributed by atoms with Gasteiger partial charge >= 0.3 is 0 Å². The molecule has 1 fully saturated rings. The Morgan fingerprint density at radius 1 is 1.08 bits per heavy atom. The molecule has 3 aliphatic rings. The van der Waals surface area contributed by atoms with E-state index in [9.17, 15) is 44.6 Å². The molecule has 0 spiro atoms. The Hall–Kier alpha value is -5.56. The number of phenolic OH excluding ortho intramolecular Hbond substituents is 1. The van der Waals surface area contributed by atoms with Crippen molar-refractivity contribution < 1.29 is 39.3 Å². The van der Waals surface area contributed by atoms with E-state index in [1.807, 2.05) is 0 Å². The van der Waals surface area contributed by atoms with Crippen LogP contribution in [0.2, 0.25) is 0 Å². The Labute approximate surface area is 274 Å². The Balaban J connectivity index is 1.70. The summed E-state index contributed by atoms with van der Waals surface area (Å²) >= 11 is 0. The first-order valence-electron chi connectivity index (χ1n) is 14.9. The predicted octanol–water partition coefficient (Wildman–Crippen LogP) is -0.562. The highest BCUT2D eigenvalue weighted by Gasteiger charge is 2.74. The van der Waals surface area contributed by atoms with Crippen LogP contribution in [0.3, 0.4) is 0 Å². The number of hydrogen-bond donors (Lipinski definition) is 8. The minimum Gasteiger partial charge on any atom is -0.509 e. The second kappa shape index (κ2) is 11.6. The number of hydrogen-bond acceptors (Lipinski definition) is 12. The van der Waals surface area contributed by atoms with Gasteiger partial charge in [0.1, 0.15) is 22.8 Å². The first kappa shape index (κ1) is 33.8. The van der Waals surface area contributed by atoms with Gasteiger partial charge in [-0.2, -0.15) is 5.26 Å². The maximum atomic E-state index is 14.5. The second-order valence-electron chi connectivity index (χ2n) is 12.5. The number of nitriles is 1. The largest absolute Gasteiger partial charge is 0.509 e. The molecular formula is C33H35N7O8. The fourth-order valence-corrected chi connectivity index (χ4v) is 7.45. The standard InChI is InChI=1S/C33H35N7O8/c1-4-38-20(42)12-39-30(48)16-7-5-6-15(10-16)17-8-9-19(41)21-18(17)11-31(36)13-33(37)26(40(2)3)25(44)22(29(35)47)27(45)32(33,14-34)28(46)23(31)24(21)43/h5-10,26,41,43,45H,4,11-13,36-37H2,1-3H3,(H2,35,47)(H,38,42)(H,39,48)/t26-,31-,32+,33-/m1/s1. The number of nitrogens with two attached hydrogens (primary N) is 3. The Kier molecular flexibility index (Phi) is 8.17. The third-order valence-electron chi connectivity index (χ3n) is 9.35. The lowest BCUT2D eigenvalue weighted by Gasteiger charge is -2.58. The van der Waals surface area contributed by atoms with Crippen LogP contribution < -0.4 is 27.8 Å². The average molecular weight is 658 g/mol. The molecule has 0 aromatic heterocycles. The number of carbonyl (C=O) groups is 5. The summed E-state index contributed by atoms with van der Waals surface area (Å²) in [6, 6.07) is 9.33. The fourth-order valence-electron chi connectivity index (χ4n) is 7.45. The number of primary amides is 1. The van der Waals surface area contributed by atoms with E-state index in [0.29, 0.717) is 17.7 Å². The van der Waals surface area contributed by atoms with Gasteiger partial charge in [0.25, 0.3) is 11.8 Å². The summed E-state index contributed by atoms with van der Waals surface area (Å²) in [6.45, 7) is 1.90. The molecule has 2 aromatic carbocycles. The molecule has 15 heteroatoms. The lowest BCUT2D eigenvalue weighted by atomic mass is 9.47. The number of Topliss-reactive ketones (excluding diaryl/α,β-unsaturated/α-hetero) is 2. The summed E-state index contributed by atoms with van der Waals surface area (Å²) in [4.78, 5) is 66.5. The van der Waals surface area contributed by atoms with Gasteiger partial charge in [-0.15, -0.1) is 0 Å². The molecule has 0 bridgehead atoms. The average Bonchev–Trinajstić information content (AvgIpc) is 2.99. The normalized spacial score (nSPS) is 26.3. The number of aliphatic hydroxyl groups excluding tert-OH is 2. The fraction of sp³-hybridized carbons (Fsp3) is 0.333. The number of nitrogens with zero attached hydrogens (tertiary/aromatic N) is 2. The zero-order valence-corrected chi connectivity index (χ0v) is 26.4. The summed E-state index contributed by atoms with van der Waals surface area (Å²) in [5.74, 6) is -7.02. The Morgan fingerprint density at radius 3 is 2.38 bits per heavy atom. The van der Waals surface area contributed by atoms with Crippen molar-refractivity contribution in [3.05, 3.63) is 70.0 Å². The molecule has 48 heavy (non-hydrogen) atoms. The number of benzene rings is 2. The minimum atomic E-state index is -2.77. The van der Waals surface area contributed by atoms with Crippen molar-refractivity contribution in [1.29, 1.82) is 5.26 Å². The van der Waals surface area contributed by atoms with Crippen LogP contribution in [0.4, 0.5) is 0 Å². The molecule has 3 amide bonds. The molecule has 0 radical (unpaired) electrons. The number of fused-ring (bicyclic) bond motifs is 3. The van der Waals surface area contributed by atoms with E-state index in [-0.39, 0.29) is 35.6 Å². The highest BCUT2D eigenvalue weighted by molar-refractivity contribution is 6.25. The maximum absolute atomic E-state index is 14.5. The molecule has 0 saturated heterocycles. The van der Waals surface area contributed by atoms with E-state index >= 15 is 0 Å². The van der Waals surface area contributed by atoms with Gasteiger partial charge in [0, 0.05) is 12.1 Å². The second-order valence-corrected chi connectivity index (χ2v) is 12.5. The Bertz CT molecular complexity index is 1930. The van der Waals surface area contributed by atoms with Gasteiger partial charge in [-0.05, 0) is 68.8 Å². The zero-order chi connectivity index (χ0) is 35.5. The number of carbonyl (C=O) groups excluding carboxylic acids is 5. The van der Waals surface area contributed by atoms with Crippen molar-refractivity contribution in [3.8, 4) is 22.9 Å². The highest BCUT2D eigenvalue weighted by Crippen LogP contribution is 2.58. The van der Waals surface area contributed by atoms with E-state index in [1.54, 1.807) is 25.1 Å². The van der Waals surface area contributed by atoms with Crippen LogP contribution in [0, 0.1) is 16.7 Å². The van der Waals surface area contributed by atoms with Gasteiger partial charge < -0.3 is 43.2 Å². The topological polar surface area (TPSA) is 275 Å². The van der Waals surface area contributed by atoms with Crippen molar-refractivity contribution in [3.63, 3.8) is 0 Å². The van der Waals surface area contributed by atoms with Crippen LogP contribution in [0.15, 0.2) is 53.3 Å². The van der Waals surface area contributed by atoms with Crippen LogP contribution in [0.1, 0.15) is 34.8 Å². The molecule has 5 rings (SSSR count). The molecule has 0 aliphatic heterocycles. The smallest absolute Gasteiger partial charge is 0.255 e. The van der Waals surface area contributed by atoms with Gasteiger partial charge in [0.05, 0.1) is 40.9 Å². The monoisotopic (exact) mass is 657 g/mol. The third kappa shape index (κ3) is 4.64. The lowest BCUT2D eigenvalue weighted by molar-refractivity contribution is -0.139. The number of phenols is 1. The maximum Gasteiger partial charge on any atom is 0.255 e. The highest BCUT2D eigenvalue weighted by atomic mass is 16.3. The van der Waals surface area contributed by atoms with Gasteiger partial charge in [0.2, 0.25) is 5.91 Å². The number of likely N-dealkylation sites (N-methyl/N-ethyl adjacent to an activating group) is 2. The van der Waals surface area contributed by atoms with Gasteiger partial charge in [0.15, 0.2) is 17.0 Å². The molecule has 0 unspecified atom stereocenters. The number of aliphatic hydroxyl groups is 2. The summed E-state index contributed by atoms with van der Waals surface area (Å²) in [6.07, 6.45) is -0.785. The van der Waals surface area contributed by atoms with Crippen molar-refractivity contribution in [2.45, 2.75) is 36.9 Å². The van der Waals surface area contributed by atoms with E-state index in [1.165, 1.54) is 43.3 Å². The van der Waals surface area contributed by atoms with Crippen LogP contribution in [0.5, 0.6) is 5.75 Å². The number of nitrogens with one attached hydrogen (secondary N) is 2. The first-order chi connectivity index (χ1) is 22.5. The summed E-state index contributed by atoms with van der Waals surface area (Å²) in [7, 11) is 2.87. The molecular weight excluding hydrogens is 622 g/mol. The SMILES string of the molecule is CCNC(=O)CNC(=O)c1cccc(-c2ccc(O)c3c2C[C@@]2(N)C[C@@]4(N)[C@H](N(C)C)C(=O)C(C(N)=O)=C(O)[C@@]4(C#N)C(=O)C2=C3O)c1. The van der Waals surface area contributed by atoms with Crippen LogP contribution in [0.25, 0.3) is 16.9 Å². The van der Waals surface area contributed by atoms with Crippen molar-refractivity contribution >= 4 is 35.0 Å². The first-order valence-corrected chi connectivity index (χ1v) is 14.9. The molecule has 15 nitrogen and oxygen atoms in total. The van der Waals surface area contributed by atoms with Crippen molar-refractivity contribution in [1.82, 2.24) is 15.5 Å². The van der Waals surface area contributed by atoms with Crippen molar-refractivity contribution in [2.75, 3.05) is 27.2 Å². The van der Waals surface area contributed by atoms with Gasteiger partial charge in [-0.1, -0.05) is 18.2 Å². The zero-order valence-electron chi connectivity index (χ0n) is 26.4. The minimum absolute atomic E-state index is 0.185. The number of aromatic hydroxyl groups is 1. The molecule has 3 aliphatic carbocycles. The van der Waals surface area contributed by atoms with Crippen molar-refractivity contribution in [2.24, 2.45) is 22.6 Å². The van der Waals surface area contributed by atoms with Crippen LogP contribution in [-0.2, 0) is 25.6 Å². The number of ketones is 2. The molecule has 0 heterocycles. The quantitative estimate of drug-likeness (QED) is 0.174. The molecule has 11 N–H and O–H groups in total. The molecule has 2 aromatic rings. The van der Waals surface area contributed by atoms with E-state index in [4.69, 9.17) is 17.2 Å². The van der Waals surface area contributed by atoms with E-state index < -0.39 is 80.8 Å². The Morgan fingerprint density at radius 2 is 1.77 bits per heavy atom. The van der Waals surface area contributed by atoms with Crippen LogP contribution >= 0.6 is 0 Å². The van der Waals surface area contributed by atoms with Gasteiger partial charge in [-0.3, -0.25) is 28.9 Å².